The Bertz CT molecular complexity index is 434. The van der Waals surface area contributed by atoms with Crippen LogP contribution < -0.4 is 0 Å². The first kappa shape index (κ1) is 11.8. The summed E-state index contributed by atoms with van der Waals surface area (Å²) in [6.45, 7) is 5.29. The zero-order valence-corrected chi connectivity index (χ0v) is 10.8. The minimum Gasteiger partial charge on any atom is -0.457 e. The van der Waals surface area contributed by atoms with E-state index in [0.717, 1.165) is 25.7 Å². The maximum Gasteiger partial charge on any atom is 0.333 e. The van der Waals surface area contributed by atoms with Gasteiger partial charge < -0.3 is 4.74 Å². The predicted octanol–water partition coefficient (Wildman–Crippen LogP) is 2.82. The molecule has 4 bridgehead atoms. The van der Waals surface area contributed by atoms with E-state index >= 15 is 0 Å². The van der Waals surface area contributed by atoms with Crippen LogP contribution in [0.25, 0.3) is 0 Å². The Labute approximate surface area is 108 Å². The molecule has 0 aromatic heterocycles. The summed E-state index contributed by atoms with van der Waals surface area (Å²) >= 11 is 0. The van der Waals surface area contributed by atoms with Gasteiger partial charge in [-0.3, -0.25) is 0 Å². The maximum absolute atomic E-state index is 11.8. The molecule has 0 saturated heterocycles. The molecule has 0 aliphatic heterocycles. The number of carbonyl (C=O) groups is 1. The molecule has 4 aliphatic rings. The lowest BCUT2D eigenvalue weighted by Crippen LogP contribution is -2.56. The van der Waals surface area contributed by atoms with Crippen LogP contribution in [-0.2, 0) is 9.53 Å². The van der Waals surface area contributed by atoms with E-state index in [2.05, 4.69) is 12.6 Å². The van der Waals surface area contributed by atoms with Crippen molar-refractivity contribution >= 4 is 5.97 Å². The average Bonchev–Trinajstić information content (AvgIpc) is 2.32. The van der Waals surface area contributed by atoms with Gasteiger partial charge in [-0.15, -0.1) is 0 Å². The second kappa shape index (κ2) is 3.85. The van der Waals surface area contributed by atoms with Gasteiger partial charge in [0.05, 0.1) is 11.5 Å². The van der Waals surface area contributed by atoms with E-state index in [1.54, 1.807) is 6.92 Å². The second-order valence-electron chi connectivity index (χ2n) is 6.48. The van der Waals surface area contributed by atoms with Crippen LogP contribution in [0.15, 0.2) is 12.2 Å². The summed E-state index contributed by atoms with van der Waals surface area (Å²) in [6.07, 6.45) is 5.19. The lowest BCUT2D eigenvalue weighted by Gasteiger charge is -2.57. The molecule has 3 nitrogen and oxygen atoms in total. The van der Waals surface area contributed by atoms with Crippen molar-refractivity contribution in [3.8, 4) is 6.07 Å². The molecule has 0 heterocycles. The molecule has 3 heteroatoms. The number of hydrogen-bond acceptors (Lipinski definition) is 3. The number of nitrogens with zero attached hydrogens (tertiary/aromatic N) is 1. The fraction of sp³-hybridized carbons (Fsp3) is 0.733. The number of nitriles is 1. The van der Waals surface area contributed by atoms with Crippen molar-refractivity contribution < 1.29 is 9.53 Å². The average molecular weight is 245 g/mol. The van der Waals surface area contributed by atoms with E-state index in [9.17, 15) is 10.1 Å². The molecule has 0 aromatic carbocycles. The van der Waals surface area contributed by atoms with E-state index in [4.69, 9.17) is 4.74 Å². The molecule has 3 atom stereocenters. The molecule has 96 valence electrons. The third-order valence-electron chi connectivity index (χ3n) is 5.02. The van der Waals surface area contributed by atoms with Gasteiger partial charge in [0.1, 0.15) is 6.10 Å². The minimum absolute atomic E-state index is 0.195. The first-order valence-corrected chi connectivity index (χ1v) is 6.82. The van der Waals surface area contributed by atoms with E-state index in [1.165, 1.54) is 6.42 Å². The van der Waals surface area contributed by atoms with E-state index < -0.39 is 5.41 Å². The van der Waals surface area contributed by atoms with Crippen molar-refractivity contribution in [2.45, 2.75) is 45.1 Å². The highest BCUT2D eigenvalue weighted by atomic mass is 16.5. The van der Waals surface area contributed by atoms with Crippen molar-refractivity contribution in [3.05, 3.63) is 12.2 Å². The first-order valence-electron chi connectivity index (χ1n) is 6.82. The molecule has 4 fully saturated rings. The largest absolute Gasteiger partial charge is 0.457 e. The third kappa shape index (κ3) is 1.59. The zero-order chi connectivity index (χ0) is 12.9. The van der Waals surface area contributed by atoms with Gasteiger partial charge in [0, 0.05) is 5.57 Å². The fourth-order valence-corrected chi connectivity index (χ4v) is 4.57. The summed E-state index contributed by atoms with van der Waals surface area (Å²) in [5.74, 6) is 1.44. The highest BCUT2D eigenvalue weighted by Gasteiger charge is 2.59. The lowest BCUT2D eigenvalue weighted by atomic mass is 9.48. The predicted molar refractivity (Wildman–Crippen MR) is 66.3 cm³/mol. The van der Waals surface area contributed by atoms with Crippen molar-refractivity contribution in [3.63, 3.8) is 0 Å². The van der Waals surface area contributed by atoms with Gasteiger partial charge in [-0.25, -0.2) is 4.79 Å². The van der Waals surface area contributed by atoms with Crippen LogP contribution in [0, 0.1) is 34.5 Å². The number of ether oxygens (including phenoxy) is 1. The zero-order valence-electron chi connectivity index (χ0n) is 10.8. The van der Waals surface area contributed by atoms with Crippen LogP contribution in [0.1, 0.15) is 39.0 Å². The second-order valence-corrected chi connectivity index (χ2v) is 6.48. The summed E-state index contributed by atoms with van der Waals surface area (Å²) in [5, 5.41) is 9.59. The Morgan fingerprint density at radius 3 is 2.44 bits per heavy atom. The molecule has 0 aromatic rings. The number of carbonyl (C=O) groups excluding carboxylic acids is 1. The van der Waals surface area contributed by atoms with Crippen molar-refractivity contribution in [2.75, 3.05) is 0 Å². The smallest absolute Gasteiger partial charge is 0.333 e. The molecule has 0 N–H and O–H groups in total. The Morgan fingerprint density at radius 2 is 1.94 bits per heavy atom. The lowest BCUT2D eigenvalue weighted by molar-refractivity contribution is -0.177. The van der Waals surface area contributed by atoms with E-state index in [1.807, 2.05) is 0 Å². The molecule has 4 aliphatic carbocycles. The Hall–Kier alpha value is -1.30. The standard InChI is InChI=1S/C15H19NO2/c1-9(2)14(17)18-13-12-4-10-3-11(5-12)7-15(13,6-10)8-16/h10-13H,1,3-7H2,2H3. The van der Waals surface area contributed by atoms with Crippen molar-refractivity contribution in [1.82, 2.24) is 0 Å². The quantitative estimate of drug-likeness (QED) is 0.555. The van der Waals surface area contributed by atoms with E-state index in [0.29, 0.717) is 23.3 Å². The fourth-order valence-electron chi connectivity index (χ4n) is 4.57. The summed E-state index contributed by atoms with van der Waals surface area (Å²) in [7, 11) is 0. The van der Waals surface area contributed by atoms with Crippen molar-refractivity contribution in [1.29, 1.82) is 5.26 Å². The van der Waals surface area contributed by atoms with Gasteiger partial charge in [0.25, 0.3) is 0 Å². The van der Waals surface area contributed by atoms with Gasteiger partial charge in [0.2, 0.25) is 0 Å². The summed E-state index contributed by atoms with van der Waals surface area (Å²) in [5.41, 5.74) is 0.0248. The summed E-state index contributed by atoms with van der Waals surface area (Å²) in [6, 6.07) is 2.50. The molecule has 0 spiro atoms. The van der Waals surface area contributed by atoms with Crippen LogP contribution in [0.2, 0.25) is 0 Å². The highest BCUT2D eigenvalue weighted by molar-refractivity contribution is 5.87. The van der Waals surface area contributed by atoms with Crippen molar-refractivity contribution in [2.24, 2.45) is 23.2 Å². The summed E-state index contributed by atoms with van der Waals surface area (Å²) in [4.78, 5) is 11.8. The SMILES string of the molecule is C=C(C)C(=O)OC1C2CC3CC(C2)CC1(C#N)C3. The monoisotopic (exact) mass is 245 g/mol. The minimum atomic E-state index is -0.403. The van der Waals surface area contributed by atoms with Crippen LogP contribution >= 0.6 is 0 Å². The molecule has 4 rings (SSSR count). The molecular formula is C15H19NO2. The van der Waals surface area contributed by atoms with Gasteiger partial charge in [-0.1, -0.05) is 6.58 Å². The summed E-state index contributed by atoms with van der Waals surface area (Å²) < 4.78 is 5.62. The van der Waals surface area contributed by atoms with Crippen LogP contribution in [0.4, 0.5) is 0 Å². The van der Waals surface area contributed by atoms with Gasteiger partial charge in [-0.05, 0) is 56.8 Å². The number of rotatable bonds is 2. The molecule has 3 unspecified atom stereocenters. The Kier molecular flexibility index (Phi) is 2.52. The first-order chi connectivity index (χ1) is 8.54. The van der Waals surface area contributed by atoms with Gasteiger partial charge >= 0.3 is 5.97 Å². The maximum atomic E-state index is 11.8. The van der Waals surface area contributed by atoms with E-state index in [-0.39, 0.29) is 12.1 Å². The Morgan fingerprint density at radius 1 is 1.33 bits per heavy atom. The molecule has 0 radical (unpaired) electrons. The van der Waals surface area contributed by atoms with Crippen LogP contribution in [0.3, 0.4) is 0 Å². The topological polar surface area (TPSA) is 50.1 Å². The molecule has 4 saturated carbocycles. The highest BCUT2D eigenvalue weighted by Crippen LogP contribution is 2.60. The van der Waals surface area contributed by atoms with Crippen LogP contribution in [-0.4, -0.2) is 12.1 Å². The molecular weight excluding hydrogens is 226 g/mol. The van der Waals surface area contributed by atoms with Gasteiger partial charge in [-0.2, -0.15) is 5.26 Å². The molecule has 0 amide bonds. The third-order valence-corrected chi connectivity index (χ3v) is 5.02. The normalized spacial score (nSPS) is 44.4. The van der Waals surface area contributed by atoms with Crippen LogP contribution in [0.5, 0.6) is 0 Å². The molecule has 18 heavy (non-hydrogen) atoms. The Balaban J connectivity index is 1.87. The van der Waals surface area contributed by atoms with Gasteiger partial charge in [0.15, 0.2) is 0 Å². The number of esters is 1. The number of hydrogen-bond donors (Lipinski definition) is 0.